The number of fused-ring (bicyclic) bond motifs is 1. The van der Waals surface area contributed by atoms with Crippen LogP contribution in [-0.4, -0.2) is 26.9 Å². The van der Waals surface area contributed by atoms with Crippen LogP contribution in [0.25, 0.3) is 0 Å². The molecule has 0 aromatic heterocycles. The minimum atomic E-state index is -0.292. The topological polar surface area (TPSA) is 75.3 Å². The van der Waals surface area contributed by atoms with Crippen molar-refractivity contribution < 1.29 is 28.5 Å². The first-order valence-electron chi connectivity index (χ1n) is 9.31. The van der Waals surface area contributed by atoms with Gasteiger partial charge in [0.15, 0.2) is 23.0 Å². The van der Waals surface area contributed by atoms with Crippen LogP contribution in [0.3, 0.4) is 0 Å². The molecule has 1 aliphatic heterocycles. The number of carbonyl (C=O) groups is 1. The second kappa shape index (κ2) is 8.65. The van der Waals surface area contributed by atoms with E-state index in [1.54, 1.807) is 24.3 Å². The lowest BCUT2D eigenvalue weighted by Crippen LogP contribution is -2.14. The number of methoxy groups -OCH3 is 2. The van der Waals surface area contributed by atoms with Gasteiger partial charge in [-0.3, -0.25) is 4.79 Å². The Hall–Kier alpha value is -3.87. The first kappa shape index (κ1) is 19.4. The Kier molecular flexibility index (Phi) is 5.61. The number of benzene rings is 3. The third kappa shape index (κ3) is 4.10. The molecule has 154 valence electrons. The summed E-state index contributed by atoms with van der Waals surface area (Å²) in [5.41, 5.74) is 1.94. The number of nitrogens with one attached hydrogen (secondary N) is 1. The van der Waals surface area contributed by atoms with Crippen molar-refractivity contribution in [2.75, 3.05) is 26.3 Å². The minimum absolute atomic E-state index is 0.221. The van der Waals surface area contributed by atoms with Crippen molar-refractivity contribution in [3.8, 4) is 28.7 Å². The van der Waals surface area contributed by atoms with E-state index in [1.807, 2.05) is 36.4 Å². The van der Waals surface area contributed by atoms with Crippen LogP contribution in [0.2, 0.25) is 0 Å². The number of para-hydroxylation sites is 1. The number of hydrogen-bond donors (Lipinski definition) is 1. The fourth-order valence-corrected chi connectivity index (χ4v) is 3.14. The Bertz CT molecular complexity index is 1070. The predicted octanol–water partition coefficient (Wildman–Crippen LogP) is 4.26. The maximum Gasteiger partial charge on any atom is 0.259 e. The van der Waals surface area contributed by atoms with Crippen molar-refractivity contribution in [2.24, 2.45) is 0 Å². The zero-order valence-electron chi connectivity index (χ0n) is 16.6. The van der Waals surface area contributed by atoms with E-state index in [9.17, 15) is 4.79 Å². The van der Waals surface area contributed by atoms with Crippen molar-refractivity contribution in [3.05, 3.63) is 71.8 Å². The Labute approximate surface area is 174 Å². The van der Waals surface area contributed by atoms with Gasteiger partial charge in [-0.05, 0) is 42.0 Å². The van der Waals surface area contributed by atoms with Crippen LogP contribution < -0.4 is 29.0 Å². The first-order chi connectivity index (χ1) is 14.7. The molecule has 4 rings (SSSR count). The molecule has 3 aromatic carbocycles. The molecule has 30 heavy (non-hydrogen) atoms. The van der Waals surface area contributed by atoms with Crippen LogP contribution >= 0.6 is 0 Å². The van der Waals surface area contributed by atoms with Gasteiger partial charge in [0.25, 0.3) is 5.91 Å². The molecule has 0 saturated carbocycles. The highest BCUT2D eigenvalue weighted by atomic mass is 16.7. The van der Waals surface area contributed by atoms with Crippen molar-refractivity contribution in [3.63, 3.8) is 0 Å². The number of carbonyl (C=O) groups excluding carboxylic acids is 1. The van der Waals surface area contributed by atoms with Gasteiger partial charge in [0.05, 0.1) is 19.8 Å². The smallest absolute Gasteiger partial charge is 0.259 e. The van der Waals surface area contributed by atoms with Crippen LogP contribution in [-0.2, 0) is 6.61 Å². The zero-order chi connectivity index (χ0) is 20.9. The molecule has 7 nitrogen and oxygen atoms in total. The predicted molar refractivity (Wildman–Crippen MR) is 111 cm³/mol. The Morgan fingerprint density at radius 1 is 0.967 bits per heavy atom. The van der Waals surface area contributed by atoms with Crippen LogP contribution in [0.4, 0.5) is 5.69 Å². The van der Waals surface area contributed by atoms with E-state index in [1.165, 1.54) is 14.2 Å². The lowest BCUT2D eigenvalue weighted by molar-refractivity contribution is 0.102. The molecule has 1 aliphatic rings. The minimum Gasteiger partial charge on any atom is -0.493 e. The second-order valence-corrected chi connectivity index (χ2v) is 6.50. The van der Waals surface area contributed by atoms with Crippen LogP contribution in [0.5, 0.6) is 28.7 Å². The maximum atomic E-state index is 12.8. The second-order valence-electron chi connectivity index (χ2n) is 6.50. The van der Waals surface area contributed by atoms with Gasteiger partial charge >= 0.3 is 0 Å². The molecule has 1 N–H and O–H groups in total. The van der Waals surface area contributed by atoms with E-state index in [-0.39, 0.29) is 12.7 Å². The third-order valence-corrected chi connectivity index (χ3v) is 4.58. The molecular weight excluding hydrogens is 386 g/mol. The average molecular weight is 407 g/mol. The quantitative estimate of drug-likeness (QED) is 0.631. The first-order valence-corrected chi connectivity index (χ1v) is 9.31. The van der Waals surface area contributed by atoms with E-state index in [0.717, 1.165) is 5.56 Å². The molecule has 0 radical (unpaired) electrons. The van der Waals surface area contributed by atoms with Gasteiger partial charge in [-0.1, -0.05) is 18.2 Å². The fraction of sp³-hybridized carbons (Fsp3) is 0.174. The number of anilines is 1. The van der Waals surface area contributed by atoms with Crippen molar-refractivity contribution in [2.45, 2.75) is 6.61 Å². The highest BCUT2D eigenvalue weighted by Gasteiger charge is 2.17. The van der Waals surface area contributed by atoms with Crippen molar-refractivity contribution >= 4 is 11.6 Å². The molecule has 0 unspecified atom stereocenters. The van der Waals surface area contributed by atoms with Gasteiger partial charge in [-0.2, -0.15) is 0 Å². The number of hydrogen-bond acceptors (Lipinski definition) is 6. The zero-order valence-corrected chi connectivity index (χ0v) is 16.6. The SMILES string of the molecule is COc1cccc(C(=O)Nc2cccc(COc3ccc4c(c3)OCO4)c2)c1OC. The molecule has 0 atom stereocenters. The van der Waals surface area contributed by atoms with Gasteiger partial charge in [0.1, 0.15) is 12.4 Å². The summed E-state index contributed by atoms with van der Waals surface area (Å²) in [6.45, 7) is 0.560. The number of amides is 1. The van der Waals surface area contributed by atoms with Crippen molar-refractivity contribution in [1.82, 2.24) is 0 Å². The van der Waals surface area contributed by atoms with E-state index in [0.29, 0.717) is 46.6 Å². The van der Waals surface area contributed by atoms with Gasteiger partial charge in [0, 0.05) is 11.8 Å². The van der Waals surface area contributed by atoms with Gasteiger partial charge in [0.2, 0.25) is 6.79 Å². The van der Waals surface area contributed by atoms with Gasteiger partial charge in [-0.25, -0.2) is 0 Å². The molecule has 0 aliphatic carbocycles. The molecular formula is C23H21NO6. The lowest BCUT2D eigenvalue weighted by Gasteiger charge is -2.13. The molecule has 1 heterocycles. The summed E-state index contributed by atoms with van der Waals surface area (Å²) in [4.78, 5) is 12.8. The van der Waals surface area contributed by atoms with E-state index in [2.05, 4.69) is 5.32 Å². The van der Waals surface area contributed by atoms with Crippen LogP contribution in [0.1, 0.15) is 15.9 Å². The largest absolute Gasteiger partial charge is 0.493 e. The average Bonchev–Trinajstić information content (AvgIpc) is 3.25. The summed E-state index contributed by atoms with van der Waals surface area (Å²) in [5, 5.41) is 2.89. The number of ether oxygens (including phenoxy) is 5. The third-order valence-electron chi connectivity index (χ3n) is 4.58. The summed E-state index contributed by atoms with van der Waals surface area (Å²) >= 11 is 0. The Morgan fingerprint density at radius 3 is 2.63 bits per heavy atom. The molecule has 1 amide bonds. The summed E-state index contributed by atoms with van der Waals surface area (Å²) in [6, 6.07) is 18.1. The Balaban J connectivity index is 1.44. The lowest BCUT2D eigenvalue weighted by atomic mass is 10.1. The standard InChI is InChI=1S/C23H21NO6/c1-26-20-8-4-7-18(22(20)27-2)23(25)24-16-6-3-5-15(11-16)13-28-17-9-10-19-21(12-17)30-14-29-19/h3-12H,13-14H2,1-2H3,(H,24,25). The van der Waals surface area contributed by atoms with Gasteiger partial charge in [-0.15, -0.1) is 0 Å². The van der Waals surface area contributed by atoms with Gasteiger partial charge < -0.3 is 29.0 Å². The summed E-state index contributed by atoms with van der Waals surface area (Å²) in [7, 11) is 3.03. The highest BCUT2D eigenvalue weighted by Crippen LogP contribution is 2.35. The van der Waals surface area contributed by atoms with Crippen molar-refractivity contribution in [1.29, 1.82) is 0 Å². The van der Waals surface area contributed by atoms with E-state index in [4.69, 9.17) is 23.7 Å². The van der Waals surface area contributed by atoms with E-state index >= 15 is 0 Å². The summed E-state index contributed by atoms with van der Waals surface area (Å²) in [6.07, 6.45) is 0. The molecule has 7 heteroatoms. The fourth-order valence-electron chi connectivity index (χ4n) is 3.14. The summed E-state index contributed by atoms with van der Waals surface area (Å²) in [5.74, 6) is 2.64. The Morgan fingerprint density at radius 2 is 1.80 bits per heavy atom. The molecule has 0 fully saturated rings. The monoisotopic (exact) mass is 407 g/mol. The molecule has 3 aromatic rings. The van der Waals surface area contributed by atoms with Crippen LogP contribution in [0, 0.1) is 0 Å². The number of rotatable bonds is 7. The maximum absolute atomic E-state index is 12.8. The van der Waals surface area contributed by atoms with E-state index < -0.39 is 0 Å². The molecule has 0 bridgehead atoms. The molecule has 0 saturated heterocycles. The normalized spacial score (nSPS) is 11.7. The summed E-state index contributed by atoms with van der Waals surface area (Å²) < 4.78 is 27.1. The highest BCUT2D eigenvalue weighted by molar-refractivity contribution is 6.06. The van der Waals surface area contributed by atoms with Crippen LogP contribution in [0.15, 0.2) is 60.7 Å². The molecule has 0 spiro atoms.